The van der Waals surface area contributed by atoms with Gasteiger partial charge in [-0.1, -0.05) is 182 Å². The van der Waals surface area contributed by atoms with Gasteiger partial charge in [0.25, 0.3) is 0 Å². The molecular weight excluding hydrogens is 761 g/mol. The Hall–Kier alpha value is -7.34. The molecule has 9 aromatic rings. The molecule has 2 atom stereocenters. The van der Waals surface area contributed by atoms with Crippen LogP contribution in [0.3, 0.4) is 0 Å². The molecule has 2 heterocycles. The van der Waals surface area contributed by atoms with Crippen molar-refractivity contribution in [2.24, 2.45) is 5.10 Å². The highest BCUT2D eigenvalue weighted by molar-refractivity contribution is 7.99. The normalized spacial score (nSPS) is 17.0. The molecule has 3 aliphatic rings. The van der Waals surface area contributed by atoms with Crippen molar-refractivity contribution < 1.29 is 0 Å². The zero-order chi connectivity index (χ0) is 40.5. The number of nitrogens with zero attached hydrogens (tertiary/aromatic N) is 3. The van der Waals surface area contributed by atoms with Crippen LogP contribution in [0.5, 0.6) is 0 Å². The highest BCUT2D eigenvalue weighted by Gasteiger charge is 2.51. The van der Waals surface area contributed by atoms with Crippen LogP contribution in [-0.2, 0) is 12.0 Å². The average Bonchev–Trinajstić information content (AvgIpc) is 3.87. The van der Waals surface area contributed by atoms with E-state index in [1.165, 1.54) is 76.2 Å². The first-order chi connectivity index (χ1) is 30.1. The maximum absolute atomic E-state index is 6.23. The van der Waals surface area contributed by atoms with E-state index in [0.717, 1.165) is 28.2 Å². The second-order valence-corrected chi connectivity index (χ2v) is 17.2. The molecule has 1 aliphatic carbocycles. The van der Waals surface area contributed by atoms with E-state index in [1.807, 2.05) is 48.2 Å². The van der Waals surface area contributed by atoms with Crippen LogP contribution in [0.1, 0.15) is 45.1 Å². The number of nitrogens with two attached hydrogens (primary N) is 1. The van der Waals surface area contributed by atoms with Crippen LogP contribution < -0.4 is 5.73 Å². The fraction of sp³-hybridized carbons (Fsp3) is 0.0536. The van der Waals surface area contributed by atoms with E-state index in [9.17, 15) is 0 Å². The maximum Gasteiger partial charge on any atom is 0.0736 e. The van der Waals surface area contributed by atoms with Gasteiger partial charge in [-0.25, -0.2) is 0 Å². The van der Waals surface area contributed by atoms with E-state index in [-0.39, 0.29) is 6.17 Å². The lowest BCUT2D eigenvalue weighted by Crippen LogP contribution is -2.32. The second kappa shape index (κ2) is 14.1. The molecule has 9 aromatic carbocycles. The van der Waals surface area contributed by atoms with Gasteiger partial charge in [-0.3, -0.25) is 0 Å². The van der Waals surface area contributed by atoms with Crippen molar-refractivity contribution in [2.45, 2.75) is 27.9 Å². The molecule has 2 aliphatic heterocycles. The first-order valence-corrected chi connectivity index (χ1v) is 21.6. The predicted molar refractivity (Wildman–Crippen MR) is 252 cm³/mol. The summed E-state index contributed by atoms with van der Waals surface area (Å²) in [4.78, 5) is 2.57. The quantitative estimate of drug-likeness (QED) is 0.170. The van der Waals surface area contributed by atoms with E-state index in [0.29, 0.717) is 6.54 Å². The van der Waals surface area contributed by atoms with Crippen LogP contribution in [0.15, 0.2) is 221 Å². The van der Waals surface area contributed by atoms with E-state index in [4.69, 9.17) is 16.2 Å². The van der Waals surface area contributed by atoms with Crippen LogP contribution in [-0.4, -0.2) is 10.8 Å². The van der Waals surface area contributed by atoms with Gasteiger partial charge in [-0.05, 0) is 125 Å². The van der Waals surface area contributed by atoms with Gasteiger partial charge in [0.15, 0.2) is 0 Å². The molecule has 0 bridgehead atoms. The fourth-order valence-electron chi connectivity index (χ4n) is 9.92. The van der Waals surface area contributed by atoms with Gasteiger partial charge in [0.2, 0.25) is 0 Å². The van der Waals surface area contributed by atoms with Gasteiger partial charge >= 0.3 is 0 Å². The Bertz CT molecular complexity index is 3180. The smallest absolute Gasteiger partial charge is 0.0736 e. The molecule has 290 valence electrons. The molecule has 2 unspecified atom stereocenters. The minimum Gasteiger partial charge on any atom is -0.439 e. The monoisotopic (exact) mass is 799 g/mol. The summed E-state index contributed by atoms with van der Waals surface area (Å²) in [5.74, 6) is 0.761. The molecule has 12 rings (SSSR count). The molecule has 0 fully saturated rings. The summed E-state index contributed by atoms with van der Waals surface area (Å²) in [6.45, 7) is 0.637. The molecule has 1 spiro atoms. The first-order valence-electron chi connectivity index (χ1n) is 20.8. The number of fused-ring (bicyclic) bond motifs is 11. The number of anilines is 1. The summed E-state index contributed by atoms with van der Waals surface area (Å²) in [5, 5.41) is 14.8. The highest BCUT2D eigenvalue weighted by Crippen LogP contribution is 2.64. The van der Waals surface area contributed by atoms with Crippen LogP contribution in [0, 0.1) is 0 Å². The Morgan fingerprint density at radius 2 is 1.15 bits per heavy atom. The van der Waals surface area contributed by atoms with Crippen molar-refractivity contribution in [2.75, 3.05) is 5.73 Å². The van der Waals surface area contributed by atoms with Gasteiger partial charge in [0.1, 0.15) is 0 Å². The molecule has 0 saturated carbocycles. The van der Waals surface area contributed by atoms with Gasteiger partial charge in [-0.15, -0.1) is 0 Å². The van der Waals surface area contributed by atoms with Crippen LogP contribution in [0.4, 0.5) is 5.69 Å². The van der Waals surface area contributed by atoms with E-state index in [2.05, 4.69) is 175 Å². The Kier molecular flexibility index (Phi) is 8.26. The average molecular weight is 800 g/mol. The number of rotatable bonds is 6. The minimum absolute atomic E-state index is 0.192. The maximum atomic E-state index is 6.23. The number of benzene rings is 9. The van der Waals surface area contributed by atoms with Crippen LogP contribution in [0.25, 0.3) is 49.5 Å². The predicted octanol–water partition coefficient (Wildman–Crippen LogP) is 13.8. The van der Waals surface area contributed by atoms with Crippen molar-refractivity contribution in [3.05, 3.63) is 251 Å². The Morgan fingerprint density at radius 1 is 0.508 bits per heavy atom. The van der Waals surface area contributed by atoms with E-state index in [1.54, 1.807) is 0 Å². The summed E-state index contributed by atoms with van der Waals surface area (Å²) in [6.07, 6.45) is -0.192. The summed E-state index contributed by atoms with van der Waals surface area (Å²) >= 11 is 1.88. The number of amidine groups is 1. The molecule has 0 saturated heterocycles. The molecule has 0 amide bonds. The van der Waals surface area contributed by atoms with Crippen LogP contribution >= 0.6 is 11.8 Å². The highest BCUT2D eigenvalue weighted by atomic mass is 32.2. The number of hydrogen-bond donors (Lipinski definition) is 1. The lowest BCUT2D eigenvalue weighted by Gasteiger charge is -2.40. The molecule has 5 heteroatoms. The van der Waals surface area contributed by atoms with Gasteiger partial charge in [-0.2, -0.15) is 0 Å². The summed E-state index contributed by atoms with van der Waals surface area (Å²) < 4.78 is 0. The summed E-state index contributed by atoms with van der Waals surface area (Å²) in [5.41, 5.74) is 22.4. The van der Waals surface area contributed by atoms with E-state index >= 15 is 0 Å². The lowest BCUT2D eigenvalue weighted by atomic mass is 9.66. The number of hydrazone groups is 1. The molecular formula is C56H39N4S-. The summed E-state index contributed by atoms with van der Waals surface area (Å²) in [7, 11) is 0. The van der Waals surface area contributed by atoms with Crippen molar-refractivity contribution in [1.29, 1.82) is 0 Å². The largest absolute Gasteiger partial charge is 0.439 e. The van der Waals surface area contributed by atoms with Gasteiger partial charge in [0.05, 0.1) is 11.6 Å². The molecule has 0 aromatic heterocycles. The van der Waals surface area contributed by atoms with Crippen molar-refractivity contribution in [3.8, 4) is 33.4 Å². The van der Waals surface area contributed by atoms with Crippen molar-refractivity contribution in [1.82, 2.24) is 5.01 Å². The topological polar surface area (TPSA) is 55.7 Å². The van der Waals surface area contributed by atoms with Crippen LogP contribution in [0.2, 0.25) is 0 Å². The third-order valence-electron chi connectivity index (χ3n) is 12.7. The third-order valence-corrected chi connectivity index (χ3v) is 13.8. The van der Waals surface area contributed by atoms with Gasteiger partial charge in [0, 0.05) is 22.0 Å². The fourth-order valence-corrected chi connectivity index (χ4v) is 11.1. The minimum atomic E-state index is -0.536. The molecule has 61 heavy (non-hydrogen) atoms. The molecule has 4 nitrogen and oxygen atoms in total. The number of nitrogen functional groups attached to an aromatic ring is 1. The first kappa shape index (κ1) is 35.6. The summed E-state index contributed by atoms with van der Waals surface area (Å²) in [6, 6.07) is 74.7. The zero-order valence-electron chi connectivity index (χ0n) is 33.2. The van der Waals surface area contributed by atoms with Crippen molar-refractivity contribution >= 4 is 34.1 Å². The van der Waals surface area contributed by atoms with E-state index < -0.39 is 5.41 Å². The number of hydrogen-bond acceptors (Lipinski definition) is 4. The third kappa shape index (κ3) is 5.65. The second-order valence-electron chi connectivity index (χ2n) is 16.1. The Morgan fingerprint density at radius 3 is 1.95 bits per heavy atom. The standard InChI is InChI=1S/C56H39N4S/c57-42-30-27-38(28-31-42)46-34-50-53(44-18-8-7-17-43(44)46)45-19-9-10-20-47(45)56(50)48-21-11-12-22-51(48)61-52-32-29-41(33-49(52)56)37-25-23-36(24-26-37)35-60-55(40-15-5-2-6-16-40)58-54(59-60)39-13-3-1-4-14-39/h1-34,55H,35,57H2/q-1. The SMILES string of the molecule is Nc1ccc(-c2cc3c(c4ccccc24)-c2ccccc2C32c3ccccc3Sc3ccc(-c4ccc(CN5N=C(c6ccccc6)[N-]C5c5ccccc5)cc4)cc32)cc1. The molecule has 0 radical (unpaired) electrons. The zero-order valence-corrected chi connectivity index (χ0v) is 34.1. The van der Waals surface area contributed by atoms with Crippen molar-refractivity contribution in [3.63, 3.8) is 0 Å². The Labute approximate surface area is 360 Å². The van der Waals surface area contributed by atoms with Gasteiger partial charge < -0.3 is 21.2 Å². The lowest BCUT2D eigenvalue weighted by molar-refractivity contribution is 0.245. The Balaban J connectivity index is 0.991. The molecule has 2 N–H and O–H groups in total.